The normalized spacial score (nSPS) is 34.3. The fourth-order valence-electron chi connectivity index (χ4n) is 0.821. The van der Waals surface area contributed by atoms with Gasteiger partial charge in [-0.05, 0) is 0 Å². The van der Waals surface area contributed by atoms with Crippen molar-refractivity contribution in [1.82, 2.24) is 5.32 Å². The number of halogens is 3. The molecule has 1 fully saturated rings. The van der Waals surface area contributed by atoms with Crippen molar-refractivity contribution in [3.63, 3.8) is 0 Å². The molecule has 0 aromatic heterocycles. The Labute approximate surface area is 51.2 Å². The summed E-state index contributed by atoms with van der Waals surface area (Å²) in [7, 11) is 0. The summed E-state index contributed by atoms with van der Waals surface area (Å²) in [6.07, 6.45) is -2.09. The molecule has 9 heavy (non-hydrogen) atoms. The Morgan fingerprint density at radius 2 is 2.11 bits per heavy atom. The van der Waals surface area contributed by atoms with Crippen molar-refractivity contribution >= 4 is 0 Å². The van der Waals surface area contributed by atoms with Crippen LogP contribution in [-0.2, 0) is 0 Å². The summed E-state index contributed by atoms with van der Waals surface area (Å²) in [5.74, 6) is -2.89. The number of alkyl halides is 3. The third-order valence-corrected chi connectivity index (χ3v) is 1.19. The standard InChI is InChI=1S/C5H7F3N/c6-4-1-5(7,8)3-9-2-4/h4H,1-3H2. The Balaban J connectivity index is 2.41. The van der Waals surface area contributed by atoms with Gasteiger partial charge < -0.3 is 0 Å². The molecule has 1 radical (unpaired) electrons. The van der Waals surface area contributed by atoms with Crippen molar-refractivity contribution in [3.8, 4) is 0 Å². The lowest BCUT2D eigenvalue weighted by molar-refractivity contribution is -0.0461. The second-order valence-electron chi connectivity index (χ2n) is 2.22. The van der Waals surface area contributed by atoms with Gasteiger partial charge in [0.2, 0.25) is 0 Å². The molecule has 0 amide bonds. The van der Waals surface area contributed by atoms with E-state index in [9.17, 15) is 13.2 Å². The minimum absolute atomic E-state index is 0.0599. The van der Waals surface area contributed by atoms with E-state index in [1.54, 1.807) is 0 Å². The Bertz CT molecular complexity index is 104. The molecule has 0 aromatic carbocycles. The Morgan fingerprint density at radius 3 is 2.44 bits per heavy atom. The summed E-state index contributed by atoms with van der Waals surface area (Å²) in [5, 5.41) is 3.29. The summed E-state index contributed by atoms with van der Waals surface area (Å²) in [5.41, 5.74) is 0. The number of nitrogens with zero attached hydrogens (tertiary/aromatic N) is 1. The molecule has 0 aromatic rings. The zero-order chi connectivity index (χ0) is 6.91. The van der Waals surface area contributed by atoms with Crippen molar-refractivity contribution < 1.29 is 13.2 Å². The SMILES string of the molecule is FC1C[N]CC(F)(F)C1. The van der Waals surface area contributed by atoms with Crippen LogP contribution in [-0.4, -0.2) is 25.2 Å². The van der Waals surface area contributed by atoms with Gasteiger partial charge in [0.05, 0.1) is 6.54 Å². The largest absolute Gasteiger partial charge is 0.264 e. The molecule has 0 spiro atoms. The highest BCUT2D eigenvalue weighted by atomic mass is 19.3. The van der Waals surface area contributed by atoms with Gasteiger partial charge in [0.25, 0.3) is 5.92 Å². The number of rotatable bonds is 0. The van der Waals surface area contributed by atoms with Crippen molar-refractivity contribution in [2.75, 3.05) is 13.1 Å². The highest BCUT2D eigenvalue weighted by molar-refractivity contribution is 4.80. The maximum absolute atomic E-state index is 12.1. The van der Waals surface area contributed by atoms with E-state index in [2.05, 4.69) is 5.32 Å². The van der Waals surface area contributed by atoms with E-state index >= 15 is 0 Å². The zero-order valence-electron chi connectivity index (χ0n) is 4.78. The van der Waals surface area contributed by atoms with Crippen molar-refractivity contribution in [1.29, 1.82) is 0 Å². The Kier molecular flexibility index (Phi) is 1.66. The highest BCUT2D eigenvalue weighted by Gasteiger charge is 2.36. The minimum atomic E-state index is -2.89. The monoisotopic (exact) mass is 138 g/mol. The topological polar surface area (TPSA) is 14.1 Å². The van der Waals surface area contributed by atoms with E-state index in [0.717, 1.165) is 0 Å². The highest BCUT2D eigenvalue weighted by Crippen LogP contribution is 2.24. The average molecular weight is 138 g/mol. The van der Waals surface area contributed by atoms with Crippen LogP contribution in [0.5, 0.6) is 0 Å². The van der Waals surface area contributed by atoms with Gasteiger partial charge in [-0.2, -0.15) is 0 Å². The van der Waals surface area contributed by atoms with Crippen LogP contribution in [0.3, 0.4) is 0 Å². The quantitative estimate of drug-likeness (QED) is 0.473. The molecule has 0 N–H and O–H groups in total. The molecule has 1 saturated heterocycles. The summed E-state index contributed by atoms with van der Waals surface area (Å²) >= 11 is 0. The molecule has 1 unspecified atom stereocenters. The van der Waals surface area contributed by atoms with E-state index in [1.165, 1.54) is 0 Å². The van der Waals surface area contributed by atoms with Gasteiger partial charge in [0.15, 0.2) is 0 Å². The molecule has 0 bridgehead atoms. The third kappa shape index (κ3) is 1.86. The Morgan fingerprint density at radius 1 is 1.44 bits per heavy atom. The molecular formula is C5H7F3N. The number of hydrogen-bond acceptors (Lipinski definition) is 0. The molecule has 1 rings (SSSR count). The molecule has 1 atom stereocenters. The molecule has 1 aliphatic heterocycles. The summed E-state index contributed by atoms with van der Waals surface area (Å²) in [4.78, 5) is 0. The van der Waals surface area contributed by atoms with Crippen LogP contribution < -0.4 is 5.32 Å². The molecule has 53 valence electrons. The fraction of sp³-hybridized carbons (Fsp3) is 1.00. The first-order chi connectivity index (χ1) is 4.10. The summed E-state index contributed by atoms with van der Waals surface area (Å²) < 4.78 is 36.3. The maximum atomic E-state index is 12.1. The van der Waals surface area contributed by atoms with Crippen molar-refractivity contribution in [3.05, 3.63) is 0 Å². The van der Waals surface area contributed by atoms with Gasteiger partial charge in [-0.1, -0.05) is 0 Å². The lowest BCUT2D eigenvalue weighted by Crippen LogP contribution is -2.40. The van der Waals surface area contributed by atoms with Crippen LogP contribution in [0.15, 0.2) is 0 Å². The minimum Gasteiger partial charge on any atom is -0.246 e. The van der Waals surface area contributed by atoms with E-state index in [-0.39, 0.29) is 6.54 Å². The first-order valence-corrected chi connectivity index (χ1v) is 2.75. The average Bonchev–Trinajstić information content (AvgIpc) is 1.60. The van der Waals surface area contributed by atoms with Crippen LogP contribution in [0.2, 0.25) is 0 Å². The fourth-order valence-corrected chi connectivity index (χ4v) is 0.821. The first kappa shape index (κ1) is 6.86. The van der Waals surface area contributed by atoms with Gasteiger partial charge in [-0.3, -0.25) is 0 Å². The zero-order valence-corrected chi connectivity index (χ0v) is 4.78. The van der Waals surface area contributed by atoms with Crippen LogP contribution in [0.1, 0.15) is 6.42 Å². The van der Waals surface area contributed by atoms with Crippen molar-refractivity contribution in [2.45, 2.75) is 18.5 Å². The van der Waals surface area contributed by atoms with Gasteiger partial charge in [-0.25, -0.2) is 18.5 Å². The van der Waals surface area contributed by atoms with E-state index in [4.69, 9.17) is 0 Å². The molecule has 1 nitrogen and oxygen atoms in total. The molecular weight excluding hydrogens is 131 g/mol. The molecule has 1 aliphatic rings. The predicted molar refractivity (Wildman–Crippen MR) is 26.3 cm³/mol. The van der Waals surface area contributed by atoms with Gasteiger partial charge >= 0.3 is 0 Å². The van der Waals surface area contributed by atoms with Gasteiger partial charge in [0.1, 0.15) is 6.17 Å². The molecule has 4 heteroatoms. The van der Waals surface area contributed by atoms with E-state index in [1.807, 2.05) is 0 Å². The molecule has 1 heterocycles. The van der Waals surface area contributed by atoms with Crippen LogP contribution in [0.4, 0.5) is 13.2 Å². The lowest BCUT2D eigenvalue weighted by Gasteiger charge is -2.23. The van der Waals surface area contributed by atoms with Gasteiger partial charge in [0, 0.05) is 13.0 Å². The summed E-state index contributed by atoms with van der Waals surface area (Å²) in [6, 6.07) is 0. The maximum Gasteiger partial charge on any atom is 0.264 e. The second-order valence-corrected chi connectivity index (χ2v) is 2.22. The van der Waals surface area contributed by atoms with Crippen LogP contribution in [0.25, 0.3) is 0 Å². The lowest BCUT2D eigenvalue weighted by atomic mass is 10.1. The van der Waals surface area contributed by atoms with Gasteiger partial charge in [-0.15, -0.1) is 0 Å². The third-order valence-electron chi connectivity index (χ3n) is 1.19. The van der Waals surface area contributed by atoms with Crippen LogP contribution in [0, 0.1) is 0 Å². The second kappa shape index (κ2) is 2.17. The Hall–Kier alpha value is -0.250. The smallest absolute Gasteiger partial charge is 0.246 e. The number of hydrogen-bond donors (Lipinski definition) is 0. The predicted octanol–water partition coefficient (Wildman–Crippen LogP) is 0.968. The molecule has 0 aliphatic carbocycles. The van der Waals surface area contributed by atoms with E-state index in [0.29, 0.717) is 0 Å². The first-order valence-electron chi connectivity index (χ1n) is 2.75. The van der Waals surface area contributed by atoms with E-state index < -0.39 is 25.1 Å². The molecule has 0 saturated carbocycles. The van der Waals surface area contributed by atoms with Crippen LogP contribution >= 0.6 is 0 Å². The summed E-state index contributed by atoms with van der Waals surface area (Å²) in [6.45, 7) is -0.566. The number of piperidine rings is 1. The van der Waals surface area contributed by atoms with Crippen molar-refractivity contribution in [2.24, 2.45) is 0 Å².